The van der Waals surface area contributed by atoms with Gasteiger partial charge in [0.15, 0.2) is 0 Å². The van der Waals surface area contributed by atoms with E-state index in [1.54, 1.807) is 6.07 Å². The Bertz CT molecular complexity index is 532. The summed E-state index contributed by atoms with van der Waals surface area (Å²) >= 11 is 0. The van der Waals surface area contributed by atoms with E-state index in [0.717, 1.165) is 0 Å². The third-order valence-corrected chi connectivity index (χ3v) is 3.71. The zero-order chi connectivity index (χ0) is 15.2. The molecule has 1 rings (SSSR count). The minimum absolute atomic E-state index is 0.0104. The third kappa shape index (κ3) is 5.87. The van der Waals surface area contributed by atoms with Gasteiger partial charge in [0, 0.05) is 13.1 Å². The lowest BCUT2D eigenvalue weighted by Crippen LogP contribution is -2.29. The molecule has 0 bridgehead atoms. The van der Waals surface area contributed by atoms with Crippen LogP contribution in [0.15, 0.2) is 29.2 Å². The van der Waals surface area contributed by atoms with Crippen molar-refractivity contribution in [1.82, 2.24) is 4.72 Å². The van der Waals surface area contributed by atoms with Crippen molar-refractivity contribution < 1.29 is 26.3 Å². The van der Waals surface area contributed by atoms with Crippen LogP contribution >= 0.6 is 0 Å². The lowest BCUT2D eigenvalue weighted by Gasteiger charge is -2.09. The minimum Gasteiger partial charge on any atom is -0.371 e. The van der Waals surface area contributed by atoms with Crippen LogP contribution in [0.1, 0.15) is 5.56 Å². The summed E-state index contributed by atoms with van der Waals surface area (Å²) in [6, 6.07) is 5.99. The van der Waals surface area contributed by atoms with Crippen LogP contribution in [0.4, 0.5) is 13.2 Å². The Hall–Kier alpha value is -1.16. The van der Waals surface area contributed by atoms with Crippen LogP contribution in [-0.2, 0) is 21.3 Å². The number of halogens is 3. The van der Waals surface area contributed by atoms with E-state index >= 15 is 0 Å². The predicted molar refractivity (Wildman–Crippen MR) is 66.4 cm³/mol. The Balaban J connectivity index is 2.49. The molecular formula is C11H15F3N2O3S. The van der Waals surface area contributed by atoms with Gasteiger partial charge in [0.1, 0.15) is 6.61 Å². The van der Waals surface area contributed by atoms with E-state index in [0.29, 0.717) is 5.56 Å². The molecule has 0 fully saturated rings. The van der Waals surface area contributed by atoms with Crippen LogP contribution in [0.5, 0.6) is 0 Å². The van der Waals surface area contributed by atoms with Gasteiger partial charge in [-0.15, -0.1) is 0 Å². The summed E-state index contributed by atoms with van der Waals surface area (Å²) in [6.07, 6.45) is -4.42. The summed E-state index contributed by atoms with van der Waals surface area (Å²) in [5.41, 5.74) is 6.04. The highest BCUT2D eigenvalue weighted by molar-refractivity contribution is 7.89. The quantitative estimate of drug-likeness (QED) is 0.736. The molecule has 0 aliphatic heterocycles. The minimum atomic E-state index is -4.42. The molecule has 1 aromatic carbocycles. The first kappa shape index (κ1) is 16.9. The molecule has 1 aromatic rings. The fraction of sp³-hybridized carbons (Fsp3) is 0.455. The van der Waals surface area contributed by atoms with Gasteiger partial charge in [-0.1, -0.05) is 12.1 Å². The number of hydrogen-bond acceptors (Lipinski definition) is 4. The molecule has 0 amide bonds. The molecule has 0 aromatic heterocycles. The molecule has 114 valence electrons. The summed E-state index contributed by atoms with van der Waals surface area (Å²) in [7, 11) is -3.78. The van der Waals surface area contributed by atoms with Gasteiger partial charge in [0.25, 0.3) is 0 Å². The number of nitrogens with two attached hydrogens (primary N) is 1. The molecule has 9 heteroatoms. The Labute approximate surface area is 115 Å². The molecule has 3 N–H and O–H groups in total. The molecule has 0 radical (unpaired) electrons. The van der Waals surface area contributed by atoms with Crippen molar-refractivity contribution in [1.29, 1.82) is 0 Å². The van der Waals surface area contributed by atoms with Gasteiger partial charge in [-0.25, -0.2) is 13.1 Å². The summed E-state index contributed by atoms with van der Waals surface area (Å²) in [4.78, 5) is 0.0104. The number of ether oxygens (including phenoxy) is 1. The molecule has 0 unspecified atom stereocenters. The SMILES string of the molecule is NCc1cccc(S(=O)(=O)NCCOCC(F)(F)F)c1. The topological polar surface area (TPSA) is 81.4 Å². The summed E-state index contributed by atoms with van der Waals surface area (Å²) in [5.74, 6) is 0. The van der Waals surface area contributed by atoms with Crippen molar-refractivity contribution in [2.24, 2.45) is 5.73 Å². The van der Waals surface area contributed by atoms with Gasteiger partial charge in [0.05, 0.1) is 11.5 Å². The van der Waals surface area contributed by atoms with Gasteiger partial charge in [-0.2, -0.15) is 13.2 Å². The van der Waals surface area contributed by atoms with Crippen molar-refractivity contribution in [2.45, 2.75) is 17.6 Å². The molecule has 0 spiro atoms. The Morgan fingerprint density at radius 1 is 1.30 bits per heavy atom. The first-order valence-electron chi connectivity index (χ1n) is 5.68. The van der Waals surface area contributed by atoms with E-state index in [2.05, 4.69) is 9.46 Å². The van der Waals surface area contributed by atoms with Crippen molar-refractivity contribution in [3.63, 3.8) is 0 Å². The summed E-state index contributed by atoms with van der Waals surface area (Å²) in [6.45, 7) is -1.82. The second kappa shape index (κ2) is 7.02. The first-order chi connectivity index (χ1) is 9.24. The summed E-state index contributed by atoms with van der Waals surface area (Å²) < 4.78 is 65.5. The highest BCUT2D eigenvalue weighted by atomic mass is 32.2. The maximum Gasteiger partial charge on any atom is 0.411 e. The van der Waals surface area contributed by atoms with Gasteiger partial charge in [-0.3, -0.25) is 0 Å². The van der Waals surface area contributed by atoms with Crippen molar-refractivity contribution in [3.05, 3.63) is 29.8 Å². The molecule has 20 heavy (non-hydrogen) atoms. The molecule has 0 saturated heterocycles. The number of rotatable bonds is 7. The van der Waals surface area contributed by atoms with Crippen molar-refractivity contribution in [3.8, 4) is 0 Å². The second-order valence-corrected chi connectivity index (χ2v) is 5.68. The van der Waals surface area contributed by atoms with E-state index < -0.39 is 22.8 Å². The van der Waals surface area contributed by atoms with E-state index in [1.807, 2.05) is 0 Å². The monoisotopic (exact) mass is 312 g/mol. The fourth-order valence-corrected chi connectivity index (χ4v) is 2.44. The zero-order valence-corrected chi connectivity index (χ0v) is 11.3. The largest absolute Gasteiger partial charge is 0.411 e. The lowest BCUT2D eigenvalue weighted by molar-refractivity contribution is -0.173. The molecule has 0 heterocycles. The highest BCUT2D eigenvalue weighted by Gasteiger charge is 2.27. The van der Waals surface area contributed by atoms with Crippen LogP contribution in [0, 0.1) is 0 Å². The van der Waals surface area contributed by atoms with E-state index in [-0.39, 0.29) is 24.6 Å². The Morgan fingerprint density at radius 3 is 2.60 bits per heavy atom. The number of hydrogen-bond donors (Lipinski definition) is 2. The van der Waals surface area contributed by atoms with Crippen LogP contribution in [-0.4, -0.2) is 34.4 Å². The molecule has 0 aliphatic carbocycles. The van der Waals surface area contributed by atoms with Gasteiger partial charge >= 0.3 is 6.18 Å². The molecule has 0 atom stereocenters. The molecule has 0 aliphatic rings. The van der Waals surface area contributed by atoms with Crippen molar-refractivity contribution >= 4 is 10.0 Å². The molecular weight excluding hydrogens is 297 g/mol. The second-order valence-electron chi connectivity index (χ2n) is 3.92. The standard InChI is InChI=1S/C11H15F3N2O3S/c12-11(13,14)8-19-5-4-16-20(17,18)10-3-1-2-9(6-10)7-15/h1-3,6,16H,4-5,7-8,15H2. The maximum absolute atomic E-state index is 11.8. The van der Waals surface area contributed by atoms with E-state index in [1.165, 1.54) is 18.2 Å². The molecule has 5 nitrogen and oxygen atoms in total. The number of alkyl halides is 3. The number of nitrogens with one attached hydrogen (secondary N) is 1. The first-order valence-corrected chi connectivity index (χ1v) is 7.16. The smallest absolute Gasteiger partial charge is 0.371 e. The Morgan fingerprint density at radius 2 is 2.00 bits per heavy atom. The third-order valence-electron chi connectivity index (χ3n) is 2.25. The van der Waals surface area contributed by atoms with Crippen LogP contribution in [0.3, 0.4) is 0 Å². The maximum atomic E-state index is 11.8. The van der Waals surface area contributed by atoms with E-state index in [9.17, 15) is 21.6 Å². The lowest BCUT2D eigenvalue weighted by atomic mass is 10.2. The molecule has 0 saturated carbocycles. The van der Waals surface area contributed by atoms with E-state index in [4.69, 9.17) is 5.73 Å². The van der Waals surface area contributed by atoms with Gasteiger partial charge in [0.2, 0.25) is 10.0 Å². The van der Waals surface area contributed by atoms with Gasteiger partial charge in [-0.05, 0) is 17.7 Å². The van der Waals surface area contributed by atoms with Crippen LogP contribution in [0.25, 0.3) is 0 Å². The predicted octanol–water partition coefficient (Wildman–Crippen LogP) is 1.00. The summed E-state index contributed by atoms with van der Waals surface area (Å²) in [5, 5.41) is 0. The highest BCUT2D eigenvalue weighted by Crippen LogP contribution is 2.14. The van der Waals surface area contributed by atoms with Gasteiger partial charge < -0.3 is 10.5 Å². The van der Waals surface area contributed by atoms with Crippen molar-refractivity contribution in [2.75, 3.05) is 19.8 Å². The zero-order valence-electron chi connectivity index (χ0n) is 10.5. The Kier molecular flexibility index (Phi) is 5.93. The number of sulfonamides is 1. The average molecular weight is 312 g/mol. The normalized spacial score (nSPS) is 12.6. The fourth-order valence-electron chi connectivity index (χ4n) is 1.36. The van der Waals surface area contributed by atoms with Crippen LogP contribution in [0.2, 0.25) is 0 Å². The number of benzene rings is 1. The average Bonchev–Trinajstić information content (AvgIpc) is 2.37. The van der Waals surface area contributed by atoms with Crippen LogP contribution < -0.4 is 10.5 Å².